The van der Waals surface area contributed by atoms with Gasteiger partial charge in [-0.3, -0.25) is 20.4 Å². The van der Waals surface area contributed by atoms with Gasteiger partial charge in [0.1, 0.15) is 0 Å². The fraction of sp³-hybridized carbons (Fsp3) is 0.130. The van der Waals surface area contributed by atoms with E-state index in [4.69, 9.17) is 14.2 Å². The van der Waals surface area contributed by atoms with Gasteiger partial charge in [-0.2, -0.15) is 0 Å². The van der Waals surface area contributed by atoms with Crippen molar-refractivity contribution in [3.8, 4) is 17.2 Å². The predicted octanol–water partition coefficient (Wildman–Crippen LogP) is 3.34. The van der Waals surface area contributed by atoms with Crippen molar-refractivity contribution < 1.29 is 23.8 Å². The Balaban J connectivity index is 1.69. The number of carbonyl (C=O) groups is 2. The van der Waals surface area contributed by atoms with Crippen LogP contribution in [0, 0.1) is 0 Å². The summed E-state index contributed by atoms with van der Waals surface area (Å²) in [6, 6.07) is 16.7. The second kappa shape index (κ2) is 9.47. The van der Waals surface area contributed by atoms with Crippen LogP contribution in [0.2, 0.25) is 0 Å². The molecule has 154 valence electrons. The Morgan fingerprint density at radius 1 is 0.833 bits per heavy atom. The summed E-state index contributed by atoms with van der Waals surface area (Å²) in [7, 11) is 4.39. The second-order valence-corrected chi connectivity index (χ2v) is 6.26. The third-order valence-electron chi connectivity index (χ3n) is 4.46. The van der Waals surface area contributed by atoms with Crippen molar-refractivity contribution in [3.63, 3.8) is 0 Å². The van der Waals surface area contributed by atoms with Crippen LogP contribution in [0.3, 0.4) is 0 Å². The van der Waals surface area contributed by atoms with Crippen molar-refractivity contribution in [1.29, 1.82) is 0 Å². The van der Waals surface area contributed by atoms with Gasteiger partial charge in [0.05, 0.1) is 21.3 Å². The van der Waals surface area contributed by atoms with Gasteiger partial charge in [0.2, 0.25) is 5.75 Å². The number of benzene rings is 3. The number of nitrogens with one attached hydrogen (secondary N) is 2. The van der Waals surface area contributed by atoms with E-state index in [9.17, 15) is 9.59 Å². The van der Waals surface area contributed by atoms with Gasteiger partial charge in [-0.05, 0) is 34.5 Å². The Kier molecular flexibility index (Phi) is 6.54. The number of amides is 2. The molecule has 0 aliphatic heterocycles. The fourth-order valence-corrected chi connectivity index (χ4v) is 3.01. The average Bonchev–Trinajstić information content (AvgIpc) is 2.79. The maximum Gasteiger partial charge on any atom is 0.269 e. The standard InChI is InChI=1S/C23H22N2O5/c1-28-19-13-17(14-20(29-2)22(19)30-3)23(27)25-24-21(26)12-11-16-9-6-8-15-7-4-5-10-18(15)16/h4-14H,1-3H3,(H,24,26)(H,25,27)/b12-11-. The lowest BCUT2D eigenvalue weighted by atomic mass is 10.0. The molecule has 0 atom stereocenters. The zero-order chi connectivity index (χ0) is 21.5. The van der Waals surface area contributed by atoms with Gasteiger partial charge in [-0.1, -0.05) is 42.5 Å². The molecule has 0 saturated carbocycles. The van der Waals surface area contributed by atoms with Gasteiger partial charge in [-0.25, -0.2) is 0 Å². The quantitative estimate of drug-likeness (QED) is 0.484. The molecule has 0 aliphatic rings. The topological polar surface area (TPSA) is 85.9 Å². The van der Waals surface area contributed by atoms with Crippen LogP contribution in [-0.4, -0.2) is 33.1 Å². The maximum atomic E-state index is 12.4. The highest BCUT2D eigenvalue weighted by molar-refractivity contribution is 6.00. The number of rotatable bonds is 6. The molecule has 0 spiro atoms. The summed E-state index contributed by atoms with van der Waals surface area (Å²) in [6.45, 7) is 0. The Bertz CT molecular complexity index is 1080. The molecular weight excluding hydrogens is 384 g/mol. The molecule has 3 aromatic carbocycles. The van der Waals surface area contributed by atoms with Gasteiger partial charge in [0, 0.05) is 11.6 Å². The number of carbonyl (C=O) groups excluding carboxylic acids is 2. The van der Waals surface area contributed by atoms with E-state index < -0.39 is 11.8 Å². The summed E-state index contributed by atoms with van der Waals surface area (Å²) >= 11 is 0. The number of methoxy groups -OCH3 is 3. The SMILES string of the molecule is COc1cc(C(=O)NNC(=O)/C=C\c2cccc3ccccc23)cc(OC)c1OC. The molecular formula is C23H22N2O5. The monoisotopic (exact) mass is 406 g/mol. The number of hydrogen-bond donors (Lipinski definition) is 2. The Labute approximate surface area is 174 Å². The molecule has 7 nitrogen and oxygen atoms in total. The van der Waals surface area contributed by atoms with E-state index in [2.05, 4.69) is 10.9 Å². The van der Waals surface area contributed by atoms with Gasteiger partial charge in [0.15, 0.2) is 11.5 Å². The summed E-state index contributed by atoms with van der Waals surface area (Å²) in [4.78, 5) is 24.6. The number of hydrazine groups is 1. The van der Waals surface area contributed by atoms with Gasteiger partial charge in [-0.15, -0.1) is 0 Å². The molecule has 0 fully saturated rings. The summed E-state index contributed by atoms with van der Waals surface area (Å²) in [5.41, 5.74) is 5.88. The third kappa shape index (κ3) is 4.52. The van der Waals surface area contributed by atoms with Crippen LogP contribution < -0.4 is 25.1 Å². The normalized spacial score (nSPS) is 10.6. The van der Waals surface area contributed by atoms with Crippen LogP contribution >= 0.6 is 0 Å². The molecule has 2 N–H and O–H groups in total. The van der Waals surface area contributed by atoms with Crippen molar-refractivity contribution in [3.05, 3.63) is 71.8 Å². The zero-order valence-corrected chi connectivity index (χ0v) is 16.9. The van der Waals surface area contributed by atoms with Crippen molar-refractivity contribution >= 4 is 28.7 Å². The number of hydrogen-bond acceptors (Lipinski definition) is 5. The molecule has 0 radical (unpaired) electrons. The van der Waals surface area contributed by atoms with Crippen molar-refractivity contribution in [2.45, 2.75) is 0 Å². The third-order valence-corrected chi connectivity index (χ3v) is 4.46. The summed E-state index contributed by atoms with van der Waals surface area (Å²) in [5, 5.41) is 2.11. The van der Waals surface area contributed by atoms with E-state index in [0.717, 1.165) is 16.3 Å². The van der Waals surface area contributed by atoms with Gasteiger partial charge < -0.3 is 14.2 Å². The van der Waals surface area contributed by atoms with Gasteiger partial charge in [0.25, 0.3) is 11.8 Å². The smallest absolute Gasteiger partial charge is 0.269 e. The molecule has 3 aromatic rings. The highest BCUT2D eigenvalue weighted by atomic mass is 16.5. The second-order valence-electron chi connectivity index (χ2n) is 6.26. The molecule has 2 amide bonds. The molecule has 0 aliphatic carbocycles. The first-order chi connectivity index (χ1) is 14.6. The Morgan fingerprint density at radius 2 is 1.50 bits per heavy atom. The minimum absolute atomic E-state index is 0.239. The van der Waals surface area contributed by atoms with Crippen LogP contribution in [0.25, 0.3) is 16.8 Å². The molecule has 0 bridgehead atoms. The van der Waals surface area contributed by atoms with E-state index in [-0.39, 0.29) is 5.56 Å². The van der Waals surface area contributed by atoms with E-state index in [0.29, 0.717) is 17.2 Å². The van der Waals surface area contributed by atoms with Crippen LogP contribution in [0.4, 0.5) is 0 Å². The van der Waals surface area contributed by atoms with Gasteiger partial charge >= 0.3 is 0 Å². The summed E-state index contributed by atoms with van der Waals surface area (Å²) < 4.78 is 15.7. The van der Waals surface area contributed by atoms with E-state index in [1.54, 1.807) is 6.08 Å². The number of ether oxygens (including phenoxy) is 3. The predicted molar refractivity (Wildman–Crippen MR) is 115 cm³/mol. The highest BCUT2D eigenvalue weighted by Gasteiger charge is 2.17. The Hall–Kier alpha value is -4.00. The summed E-state index contributed by atoms with van der Waals surface area (Å²) in [6.07, 6.45) is 3.06. The van der Waals surface area contributed by atoms with Crippen LogP contribution in [-0.2, 0) is 4.79 Å². The van der Waals surface area contributed by atoms with E-state index in [1.165, 1.54) is 39.5 Å². The van der Waals surface area contributed by atoms with Crippen molar-refractivity contribution in [2.24, 2.45) is 0 Å². The molecule has 3 rings (SSSR count). The first-order valence-corrected chi connectivity index (χ1v) is 9.13. The van der Waals surface area contributed by atoms with Crippen molar-refractivity contribution in [1.82, 2.24) is 10.9 Å². The lowest BCUT2D eigenvalue weighted by Crippen LogP contribution is -2.40. The largest absolute Gasteiger partial charge is 0.493 e. The molecule has 0 aromatic heterocycles. The first-order valence-electron chi connectivity index (χ1n) is 9.13. The van der Waals surface area contributed by atoms with Crippen LogP contribution in [0.5, 0.6) is 17.2 Å². The molecule has 0 heterocycles. The lowest BCUT2D eigenvalue weighted by Gasteiger charge is -2.14. The minimum atomic E-state index is -0.527. The zero-order valence-electron chi connectivity index (χ0n) is 16.9. The first kappa shape index (κ1) is 20.7. The minimum Gasteiger partial charge on any atom is -0.493 e. The molecule has 0 saturated heterocycles. The maximum absolute atomic E-state index is 12.4. The lowest BCUT2D eigenvalue weighted by molar-refractivity contribution is -0.117. The van der Waals surface area contributed by atoms with Crippen molar-refractivity contribution in [2.75, 3.05) is 21.3 Å². The summed E-state index contributed by atoms with van der Waals surface area (Å²) in [5.74, 6) is 0.0526. The molecule has 7 heteroatoms. The van der Waals surface area contributed by atoms with Crippen LogP contribution in [0.15, 0.2) is 60.7 Å². The molecule has 0 unspecified atom stereocenters. The van der Waals surface area contributed by atoms with E-state index >= 15 is 0 Å². The van der Waals surface area contributed by atoms with Crippen LogP contribution in [0.1, 0.15) is 15.9 Å². The highest BCUT2D eigenvalue weighted by Crippen LogP contribution is 2.38. The number of fused-ring (bicyclic) bond motifs is 1. The van der Waals surface area contributed by atoms with E-state index in [1.807, 2.05) is 42.5 Å². The average molecular weight is 406 g/mol. The Morgan fingerprint density at radius 3 is 2.17 bits per heavy atom. The fourth-order valence-electron chi connectivity index (χ4n) is 3.01. The molecule has 30 heavy (non-hydrogen) atoms.